The molecule has 1 nitrogen and oxygen atoms in total. The molecule has 3 rings (SSSR count). The molecule has 3 heterocycles. The highest BCUT2D eigenvalue weighted by atomic mass is 32.1. The number of hydrogen-bond donors (Lipinski definition) is 1. The molecule has 0 amide bonds. The van der Waals surface area contributed by atoms with Crippen LogP contribution in [0.1, 0.15) is 28.5 Å². The Bertz CT molecular complexity index is 492. The molecule has 0 bridgehead atoms. The van der Waals surface area contributed by atoms with Crippen LogP contribution in [0.3, 0.4) is 0 Å². The van der Waals surface area contributed by atoms with Gasteiger partial charge in [0.25, 0.3) is 0 Å². The summed E-state index contributed by atoms with van der Waals surface area (Å²) in [5.41, 5.74) is 0. The van der Waals surface area contributed by atoms with E-state index in [0.717, 1.165) is 5.92 Å². The second-order valence-electron chi connectivity index (χ2n) is 4.64. The predicted octanol–water partition coefficient (Wildman–Crippen LogP) is 4.25. The highest BCUT2D eigenvalue weighted by Gasteiger charge is 2.17. The molecule has 0 unspecified atom stereocenters. The maximum atomic E-state index is 3.43. The molecule has 0 aromatic carbocycles. The van der Waals surface area contributed by atoms with Crippen LogP contribution in [0.15, 0.2) is 24.3 Å². The fourth-order valence-corrected chi connectivity index (χ4v) is 4.51. The van der Waals surface area contributed by atoms with Gasteiger partial charge in [0.1, 0.15) is 0 Å². The summed E-state index contributed by atoms with van der Waals surface area (Å²) < 4.78 is 0. The molecule has 2 aromatic rings. The van der Waals surface area contributed by atoms with Crippen molar-refractivity contribution in [3.05, 3.63) is 34.0 Å². The minimum atomic E-state index is 0.788. The second kappa shape index (κ2) is 4.92. The van der Waals surface area contributed by atoms with Gasteiger partial charge >= 0.3 is 0 Å². The van der Waals surface area contributed by atoms with Crippen molar-refractivity contribution in [3.63, 3.8) is 0 Å². The molecule has 1 aliphatic heterocycles. The van der Waals surface area contributed by atoms with Crippen LogP contribution in [0.5, 0.6) is 0 Å². The van der Waals surface area contributed by atoms with E-state index in [1.165, 1.54) is 40.6 Å². The van der Waals surface area contributed by atoms with Crippen LogP contribution >= 0.6 is 22.7 Å². The van der Waals surface area contributed by atoms with E-state index in [9.17, 15) is 0 Å². The van der Waals surface area contributed by atoms with E-state index in [4.69, 9.17) is 0 Å². The van der Waals surface area contributed by atoms with Gasteiger partial charge in [-0.3, -0.25) is 0 Å². The number of hydrogen-bond acceptors (Lipinski definition) is 3. The summed E-state index contributed by atoms with van der Waals surface area (Å²) in [5.74, 6) is 0.788. The molecule has 0 aliphatic carbocycles. The lowest BCUT2D eigenvalue weighted by molar-refractivity contribution is 0.465. The number of piperidine rings is 1. The van der Waals surface area contributed by atoms with Gasteiger partial charge in [-0.2, -0.15) is 0 Å². The fraction of sp³-hybridized carbons (Fsp3) is 0.429. The number of rotatable bonds is 2. The lowest BCUT2D eigenvalue weighted by Gasteiger charge is -2.21. The number of aryl methyl sites for hydroxylation is 1. The minimum Gasteiger partial charge on any atom is -0.317 e. The summed E-state index contributed by atoms with van der Waals surface area (Å²) in [6, 6.07) is 9.10. The van der Waals surface area contributed by atoms with Crippen molar-refractivity contribution >= 4 is 22.7 Å². The molecule has 17 heavy (non-hydrogen) atoms. The molecule has 0 radical (unpaired) electrons. The first-order valence-corrected chi connectivity index (χ1v) is 7.83. The van der Waals surface area contributed by atoms with Crippen LogP contribution in [0.25, 0.3) is 9.75 Å². The Hall–Kier alpha value is -0.640. The third kappa shape index (κ3) is 2.46. The van der Waals surface area contributed by atoms with Crippen LogP contribution in [-0.2, 0) is 0 Å². The van der Waals surface area contributed by atoms with Gasteiger partial charge in [-0.1, -0.05) is 0 Å². The summed E-state index contributed by atoms with van der Waals surface area (Å²) in [7, 11) is 0. The zero-order valence-corrected chi connectivity index (χ0v) is 11.7. The van der Waals surface area contributed by atoms with Gasteiger partial charge in [0, 0.05) is 19.5 Å². The lowest BCUT2D eigenvalue weighted by atomic mass is 9.97. The molecular weight excluding hydrogens is 246 g/mol. The highest BCUT2D eigenvalue weighted by Crippen LogP contribution is 2.38. The van der Waals surface area contributed by atoms with Crippen LogP contribution in [0.4, 0.5) is 0 Å². The molecule has 3 heteroatoms. The van der Waals surface area contributed by atoms with Gasteiger partial charge in [0.2, 0.25) is 0 Å². The smallest absolute Gasteiger partial charge is 0.0445 e. The van der Waals surface area contributed by atoms with Gasteiger partial charge in [-0.05, 0) is 63.0 Å². The Morgan fingerprint density at radius 2 is 1.71 bits per heavy atom. The van der Waals surface area contributed by atoms with Crippen molar-refractivity contribution in [2.45, 2.75) is 25.7 Å². The van der Waals surface area contributed by atoms with E-state index in [-0.39, 0.29) is 0 Å². The first-order chi connectivity index (χ1) is 8.33. The molecule has 90 valence electrons. The van der Waals surface area contributed by atoms with Crippen molar-refractivity contribution < 1.29 is 0 Å². The minimum absolute atomic E-state index is 0.788. The first kappa shape index (κ1) is 11.5. The van der Waals surface area contributed by atoms with Gasteiger partial charge in [-0.15, -0.1) is 22.7 Å². The standard InChI is InChI=1S/C14H17NS2/c1-10-2-3-13(16-10)14-5-4-12(17-14)11-6-8-15-9-7-11/h2-5,11,15H,6-9H2,1H3. The third-order valence-corrected chi connectivity index (χ3v) is 5.80. The summed E-state index contributed by atoms with van der Waals surface area (Å²) in [4.78, 5) is 5.84. The largest absolute Gasteiger partial charge is 0.317 e. The number of nitrogens with one attached hydrogen (secondary N) is 1. The summed E-state index contributed by atoms with van der Waals surface area (Å²) in [5, 5.41) is 3.43. The number of thiophene rings is 2. The summed E-state index contributed by atoms with van der Waals surface area (Å²) in [6.45, 7) is 4.53. The quantitative estimate of drug-likeness (QED) is 0.854. The SMILES string of the molecule is Cc1ccc(-c2ccc(C3CCNCC3)s2)s1. The van der Waals surface area contributed by atoms with E-state index >= 15 is 0 Å². The van der Waals surface area contributed by atoms with Gasteiger partial charge < -0.3 is 5.32 Å². The Kier molecular flexibility index (Phi) is 3.32. The van der Waals surface area contributed by atoms with E-state index in [1.54, 1.807) is 4.88 Å². The molecule has 0 saturated carbocycles. The van der Waals surface area contributed by atoms with Crippen molar-refractivity contribution in [1.29, 1.82) is 0 Å². The maximum Gasteiger partial charge on any atom is 0.0445 e. The highest BCUT2D eigenvalue weighted by molar-refractivity contribution is 7.22. The average molecular weight is 263 g/mol. The molecule has 1 aliphatic rings. The average Bonchev–Trinajstić information content (AvgIpc) is 2.98. The van der Waals surface area contributed by atoms with E-state index in [2.05, 4.69) is 36.5 Å². The Labute approximate surface area is 111 Å². The van der Waals surface area contributed by atoms with Crippen molar-refractivity contribution in [3.8, 4) is 9.75 Å². The predicted molar refractivity (Wildman–Crippen MR) is 77.2 cm³/mol. The normalized spacial score (nSPS) is 17.5. The summed E-state index contributed by atoms with van der Waals surface area (Å²) in [6.07, 6.45) is 2.59. The van der Waals surface area contributed by atoms with Crippen molar-refractivity contribution in [1.82, 2.24) is 5.32 Å². The Balaban J connectivity index is 1.82. The van der Waals surface area contributed by atoms with Crippen LogP contribution in [0.2, 0.25) is 0 Å². The molecule has 1 saturated heterocycles. The zero-order chi connectivity index (χ0) is 11.7. The van der Waals surface area contributed by atoms with Crippen LogP contribution < -0.4 is 5.32 Å². The fourth-order valence-electron chi connectivity index (χ4n) is 2.38. The summed E-state index contributed by atoms with van der Waals surface area (Å²) >= 11 is 3.89. The molecular formula is C14H17NS2. The molecule has 2 aromatic heterocycles. The van der Waals surface area contributed by atoms with Crippen molar-refractivity contribution in [2.75, 3.05) is 13.1 Å². The third-order valence-electron chi connectivity index (χ3n) is 3.35. The Morgan fingerprint density at radius 3 is 2.41 bits per heavy atom. The van der Waals surface area contributed by atoms with Gasteiger partial charge in [-0.25, -0.2) is 0 Å². The van der Waals surface area contributed by atoms with Gasteiger partial charge in [0.15, 0.2) is 0 Å². The molecule has 1 fully saturated rings. The van der Waals surface area contributed by atoms with Crippen molar-refractivity contribution in [2.24, 2.45) is 0 Å². The van der Waals surface area contributed by atoms with Gasteiger partial charge in [0.05, 0.1) is 0 Å². The van der Waals surface area contributed by atoms with E-state index < -0.39 is 0 Å². The lowest BCUT2D eigenvalue weighted by Crippen LogP contribution is -2.26. The van der Waals surface area contributed by atoms with E-state index in [0.29, 0.717) is 0 Å². The van der Waals surface area contributed by atoms with Crippen LogP contribution in [-0.4, -0.2) is 13.1 Å². The molecule has 0 spiro atoms. The Morgan fingerprint density at radius 1 is 1.00 bits per heavy atom. The van der Waals surface area contributed by atoms with E-state index in [1.807, 2.05) is 22.7 Å². The first-order valence-electron chi connectivity index (χ1n) is 6.20. The topological polar surface area (TPSA) is 12.0 Å². The maximum absolute atomic E-state index is 3.43. The molecule has 0 atom stereocenters. The zero-order valence-electron chi connectivity index (χ0n) is 10.0. The molecule has 1 N–H and O–H groups in total. The monoisotopic (exact) mass is 263 g/mol. The second-order valence-corrected chi connectivity index (χ2v) is 7.04. The van der Waals surface area contributed by atoms with Crippen LogP contribution in [0, 0.1) is 6.92 Å².